The largest absolute Gasteiger partial charge is 0.396 e. The maximum atomic E-state index is 8.66. The monoisotopic (exact) mass is 215 g/mol. The molecule has 0 amide bonds. The van der Waals surface area contributed by atoms with Gasteiger partial charge in [-0.3, -0.25) is 0 Å². The van der Waals surface area contributed by atoms with Gasteiger partial charge in [-0.2, -0.15) is 0 Å². The molecule has 0 aromatic carbocycles. The Morgan fingerprint density at radius 3 is 2.93 bits per heavy atom. The first-order chi connectivity index (χ1) is 7.35. The van der Waals surface area contributed by atoms with E-state index in [0.717, 1.165) is 45.4 Å². The van der Waals surface area contributed by atoms with Gasteiger partial charge in [0.1, 0.15) is 0 Å². The van der Waals surface area contributed by atoms with Crippen LogP contribution in [0.2, 0.25) is 0 Å². The van der Waals surface area contributed by atoms with E-state index < -0.39 is 0 Å². The minimum atomic E-state index is 0.0924. The molecule has 0 aromatic rings. The van der Waals surface area contributed by atoms with Crippen molar-refractivity contribution >= 4 is 0 Å². The van der Waals surface area contributed by atoms with E-state index in [-0.39, 0.29) is 18.3 Å². The lowest BCUT2D eigenvalue weighted by Gasteiger charge is -2.32. The summed E-state index contributed by atoms with van der Waals surface area (Å²) in [5, 5.41) is 12.0. The highest BCUT2D eigenvalue weighted by molar-refractivity contribution is 4.93. The van der Waals surface area contributed by atoms with Crippen molar-refractivity contribution in [2.45, 2.75) is 37.4 Å². The van der Waals surface area contributed by atoms with Crippen LogP contribution < -0.4 is 5.32 Å². The van der Waals surface area contributed by atoms with Crippen LogP contribution >= 0.6 is 0 Å². The molecule has 0 saturated carbocycles. The van der Waals surface area contributed by atoms with Crippen molar-refractivity contribution in [1.29, 1.82) is 0 Å². The molecule has 2 heterocycles. The number of hydrogen-bond acceptors (Lipinski definition) is 4. The first-order valence-electron chi connectivity index (χ1n) is 5.92. The van der Waals surface area contributed by atoms with Gasteiger partial charge in [0, 0.05) is 19.6 Å². The average Bonchev–Trinajstić information content (AvgIpc) is 2.63. The molecule has 1 unspecified atom stereocenters. The van der Waals surface area contributed by atoms with Crippen molar-refractivity contribution < 1.29 is 14.6 Å². The highest BCUT2D eigenvalue weighted by Gasteiger charge is 2.41. The van der Waals surface area contributed by atoms with Crippen molar-refractivity contribution in [1.82, 2.24) is 5.32 Å². The zero-order valence-electron chi connectivity index (χ0n) is 9.21. The summed E-state index contributed by atoms with van der Waals surface area (Å²) in [5.74, 6) is 0. The molecule has 2 saturated heterocycles. The summed E-state index contributed by atoms with van der Waals surface area (Å²) in [6, 6.07) is 0. The molecule has 2 fully saturated rings. The minimum absolute atomic E-state index is 0.0924. The second-order valence-corrected chi connectivity index (χ2v) is 4.52. The number of ether oxygens (including phenoxy) is 2. The van der Waals surface area contributed by atoms with E-state index in [9.17, 15) is 0 Å². The molecule has 4 heteroatoms. The number of aliphatic hydroxyl groups is 1. The predicted molar refractivity (Wildman–Crippen MR) is 56.8 cm³/mol. The van der Waals surface area contributed by atoms with Crippen molar-refractivity contribution in [2.75, 3.05) is 32.9 Å². The fourth-order valence-electron chi connectivity index (χ4n) is 2.45. The van der Waals surface area contributed by atoms with Gasteiger partial charge in [0.25, 0.3) is 0 Å². The molecule has 4 nitrogen and oxygen atoms in total. The molecule has 2 rings (SSSR count). The third-order valence-electron chi connectivity index (χ3n) is 3.35. The third kappa shape index (κ3) is 2.91. The van der Waals surface area contributed by atoms with Crippen LogP contribution in [0.5, 0.6) is 0 Å². The number of nitrogens with one attached hydrogen (secondary N) is 1. The summed E-state index contributed by atoms with van der Waals surface area (Å²) < 4.78 is 11.6. The molecule has 1 spiro atoms. The lowest BCUT2D eigenvalue weighted by molar-refractivity contribution is -0.0236. The molecule has 0 radical (unpaired) electrons. The van der Waals surface area contributed by atoms with Gasteiger partial charge in [-0.05, 0) is 32.4 Å². The standard InChI is InChI=1S/C11H21NO3/c13-6-1-7-14-10-8-11(15-9-10)2-4-12-5-3-11/h10,12-13H,1-9H2. The summed E-state index contributed by atoms with van der Waals surface area (Å²) in [5.41, 5.74) is 0.0924. The summed E-state index contributed by atoms with van der Waals surface area (Å²) in [6.07, 6.45) is 4.21. The Kier molecular flexibility index (Phi) is 3.97. The molecule has 88 valence electrons. The second-order valence-electron chi connectivity index (χ2n) is 4.52. The Bertz CT molecular complexity index is 190. The fraction of sp³-hybridized carbons (Fsp3) is 1.00. The van der Waals surface area contributed by atoms with E-state index in [2.05, 4.69) is 5.32 Å². The number of aliphatic hydroxyl groups excluding tert-OH is 1. The van der Waals surface area contributed by atoms with Gasteiger partial charge >= 0.3 is 0 Å². The average molecular weight is 215 g/mol. The van der Waals surface area contributed by atoms with Crippen LogP contribution in [-0.4, -0.2) is 49.7 Å². The first kappa shape index (κ1) is 11.3. The van der Waals surface area contributed by atoms with Crippen LogP contribution in [0.3, 0.4) is 0 Å². The van der Waals surface area contributed by atoms with Gasteiger partial charge in [-0.15, -0.1) is 0 Å². The fourth-order valence-corrected chi connectivity index (χ4v) is 2.45. The van der Waals surface area contributed by atoms with Crippen LogP contribution in [0.15, 0.2) is 0 Å². The van der Waals surface area contributed by atoms with Gasteiger partial charge in [0.15, 0.2) is 0 Å². The summed E-state index contributed by atoms with van der Waals surface area (Å²) >= 11 is 0. The Hall–Kier alpha value is -0.160. The van der Waals surface area contributed by atoms with Crippen molar-refractivity contribution in [3.63, 3.8) is 0 Å². The van der Waals surface area contributed by atoms with E-state index >= 15 is 0 Å². The van der Waals surface area contributed by atoms with Gasteiger partial charge in [-0.1, -0.05) is 0 Å². The van der Waals surface area contributed by atoms with Gasteiger partial charge in [-0.25, -0.2) is 0 Å². The number of piperidine rings is 1. The molecular formula is C11H21NO3. The smallest absolute Gasteiger partial charge is 0.0836 e. The van der Waals surface area contributed by atoms with Gasteiger partial charge < -0.3 is 19.9 Å². The molecule has 0 aromatic heterocycles. The molecule has 2 aliphatic rings. The maximum absolute atomic E-state index is 8.66. The Labute approximate surface area is 90.9 Å². The highest BCUT2D eigenvalue weighted by Crippen LogP contribution is 2.35. The van der Waals surface area contributed by atoms with Crippen LogP contribution in [-0.2, 0) is 9.47 Å². The van der Waals surface area contributed by atoms with E-state index in [4.69, 9.17) is 14.6 Å². The number of rotatable bonds is 4. The van der Waals surface area contributed by atoms with Crippen LogP contribution in [0.25, 0.3) is 0 Å². The van der Waals surface area contributed by atoms with Gasteiger partial charge in [0.05, 0.1) is 18.3 Å². The maximum Gasteiger partial charge on any atom is 0.0836 e. The normalized spacial score (nSPS) is 29.8. The number of hydrogen-bond donors (Lipinski definition) is 2. The lowest BCUT2D eigenvalue weighted by atomic mass is 9.89. The summed E-state index contributed by atoms with van der Waals surface area (Å²) in [4.78, 5) is 0. The molecule has 15 heavy (non-hydrogen) atoms. The van der Waals surface area contributed by atoms with E-state index in [1.54, 1.807) is 0 Å². The molecule has 2 N–H and O–H groups in total. The quantitative estimate of drug-likeness (QED) is 0.662. The molecule has 0 aliphatic carbocycles. The molecule has 0 bridgehead atoms. The predicted octanol–water partition coefficient (Wildman–Crippen LogP) is 0.296. The van der Waals surface area contributed by atoms with Crippen molar-refractivity contribution in [2.24, 2.45) is 0 Å². The van der Waals surface area contributed by atoms with Crippen LogP contribution in [0.4, 0.5) is 0 Å². The SMILES string of the molecule is OCCCOC1COC2(CCNCC2)C1. The van der Waals surface area contributed by atoms with Gasteiger partial charge in [0.2, 0.25) is 0 Å². The Balaban J connectivity index is 1.73. The summed E-state index contributed by atoms with van der Waals surface area (Å²) in [7, 11) is 0. The molecular weight excluding hydrogens is 194 g/mol. The van der Waals surface area contributed by atoms with Crippen molar-refractivity contribution in [3.8, 4) is 0 Å². The zero-order valence-corrected chi connectivity index (χ0v) is 9.21. The second kappa shape index (κ2) is 5.25. The van der Waals surface area contributed by atoms with Crippen LogP contribution in [0, 0.1) is 0 Å². The molecule has 2 aliphatic heterocycles. The lowest BCUT2D eigenvalue weighted by Crippen LogP contribution is -2.41. The topological polar surface area (TPSA) is 50.7 Å². The van der Waals surface area contributed by atoms with E-state index in [1.165, 1.54) is 0 Å². The Morgan fingerprint density at radius 2 is 2.20 bits per heavy atom. The first-order valence-corrected chi connectivity index (χ1v) is 5.92. The highest BCUT2D eigenvalue weighted by atomic mass is 16.6. The minimum Gasteiger partial charge on any atom is -0.396 e. The van der Waals surface area contributed by atoms with E-state index in [0.29, 0.717) is 6.61 Å². The third-order valence-corrected chi connectivity index (χ3v) is 3.35. The molecule has 1 atom stereocenters. The van der Waals surface area contributed by atoms with Crippen molar-refractivity contribution in [3.05, 3.63) is 0 Å². The summed E-state index contributed by atoms with van der Waals surface area (Å²) in [6.45, 7) is 3.71. The van der Waals surface area contributed by atoms with E-state index in [1.807, 2.05) is 0 Å². The zero-order chi connectivity index (χ0) is 10.6. The van der Waals surface area contributed by atoms with Crippen LogP contribution in [0.1, 0.15) is 25.7 Å². The Morgan fingerprint density at radius 1 is 1.40 bits per heavy atom.